The summed E-state index contributed by atoms with van der Waals surface area (Å²) < 4.78 is 23.4. The van der Waals surface area contributed by atoms with Crippen molar-refractivity contribution in [2.75, 3.05) is 7.11 Å². The van der Waals surface area contributed by atoms with Crippen molar-refractivity contribution in [3.8, 4) is 5.75 Å². The van der Waals surface area contributed by atoms with Gasteiger partial charge in [-0.25, -0.2) is 14.2 Å². The number of aromatic nitrogens is 2. The zero-order valence-electron chi connectivity index (χ0n) is 16.5. The molecule has 156 valence electrons. The van der Waals surface area contributed by atoms with Crippen molar-refractivity contribution in [1.29, 1.82) is 0 Å². The van der Waals surface area contributed by atoms with Gasteiger partial charge in [-0.05, 0) is 48.0 Å². The third kappa shape index (κ3) is 4.71. The number of hydrogen-bond donors (Lipinski definition) is 0. The highest BCUT2D eigenvalue weighted by Crippen LogP contribution is 2.15. The Morgan fingerprint density at radius 2 is 1.61 bits per heavy atom. The van der Waals surface area contributed by atoms with Crippen LogP contribution in [-0.2, 0) is 15.4 Å². The van der Waals surface area contributed by atoms with Crippen LogP contribution in [-0.4, -0.2) is 21.0 Å². The molecule has 31 heavy (non-hydrogen) atoms. The Morgan fingerprint density at radius 3 is 2.35 bits per heavy atom. The maximum atomic E-state index is 13.0. The molecule has 0 saturated heterocycles. The number of hydrogen-bond acceptors (Lipinski definition) is 6. The van der Waals surface area contributed by atoms with Gasteiger partial charge in [0.25, 0.3) is 5.56 Å². The summed E-state index contributed by atoms with van der Waals surface area (Å²) in [5.41, 5.74) is 0.888. The number of ether oxygens (including phenoxy) is 1. The minimum atomic E-state index is -1.93. The normalized spacial score (nSPS) is 12.2. The third-order valence-corrected chi connectivity index (χ3v) is 5.25. The fourth-order valence-corrected chi connectivity index (χ4v) is 3.40. The lowest BCUT2D eigenvalue weighted by Crippen LogP contribution is -2.30. The predicted octanol–water partition coefficient (Wildman–Crippen LogP) is 3.66. The fraction of sp³-hybridized carbons (Fsp3) is 0.0435. The molecule has 4 rings (SSSR count). The van der Waals surface area contributed by atoms with Crippen molar-refractivity contribution in [2.45, 2.75) is 4.90 Å². The average Bonchev–Trinajstić information content (AvgIpc) is 2.83. The van der Waals surface area contributed by atoms with Gasteiger partial charge in [0, 0.05) is 0 Å². The minimum Gasteiger partial charge on any atom is -0.497 e. The lowest BCUT2D eigenvalue weighted by Gasteiger charge is -2.09. The summed E-state index contributed by atoms with van der Waals surface area (Å²) >= 11 is -1.93. The molecular formula is C23H18N2O5S. The van der Waals surface area contributed by atoms with Crippen molar-refractivity contribution in [3.63, 3.8) is 0 Å². The second kappa shape index (κ2) is 9.38. The van der Waals surface area contributed by atoms with Crippen LogP contribution in [0.15, 0.2) is 88.6 Å². The Labute approximate surface area is 180 Å². The number of fused-ring (bicyclic) bond motifs is 1. The summed E-state index contributed by atoms with van der Waals surface area (Å²) in [6.45, 7) is 0. The summed E-state index contributed by atoms with van der Waals surface area (Å²) in [7, 11) is 1.60. The average molecular weight is 434 g/mol. The fourth-order valence-electron chi connectivity index (χ4n) is 2.83. The first-order chi connectivity index (χ1) is 15.2. The number of benzene rings is 3. The number of para-hydroxylation sites is 1. The highest BCUT2D eigenvalue weighted by molar-refractivity contribution is 7.80. The van der Waals surface area contributed by atoms with Gasteiger partial charge in [0.05, 0.1) is 22.9 Å². The van der Waals surface area contributed by atoms with Gasteiger partial charge in [0.1, 0.15) is 5.75 Å². The number of methoxy groups -OCH3 is 1. The molecule has 4 aromatic rings. The van der Waals surface area contributed by atoms with Crippen molar-refractivity contribution < 1.29 is 18.3 Å². The highest BCUT2D eigenvalue weighted by Gasteiger charge is 2.13. The molecule has 0 bridgehead atoms. The lowest BCUT2D eigenvalue weighted by atomic mass is 10.2. The first-order valence-electron chi connectivity index (χ1n) is 9.32. The van der Waals surface area contributed by atoms with E-state index in [-0.39, 0.29) is 5.82 Å². The highest BCUT2D eigenvalue weighted by atomic mass is 32.2. The topological polar surface area (TPSA) is 79.7 Å². The molecule has 0 aliphatic heterocycles. The first kappa shape index (κ1) is 20.5. The van der Waals surface area contributed by atoms with Gasteiger partial charge in [0.2, 0.25) is 11.1 Å². The maximum absolute atomic E-state index is 13.0. The molecule has 0 spiro atoms. The molecule has 1 atom stereocenters. The summed E-state index contributed by atoms with van der Waals surface area (Å²) in [6, 6.07) is 22.8. The second-order valence-electron chi connectivity index (χ2n) is 6.38. The third-order valence-electron chi connectivity index (χ3n) is 4.41. The second-order valence-corrected chi connectivity index (χ2v) is 7.46. The summed E-state index contributed by atoms with van der Waals surface area (Å²) in [5, 5.41) is 0.346. The van der Waals surface area contributed by atoms with E-state index in [1.165, 1.54) is 0 Å². The Hall–Kier alpha value is -3.75. The molecule has 1 unspecified atom stereocenters. The van der Waals surface area contributed by atoms with Gasteiger partial charge in [-0.3, -0.25) is 4.79 Å². The van der Waals surface area contributed by atoms with Crippen LogP contribution >= 0.6 is 0 Å². The van der Waals surface area contributed by atoms with E-state index < -0.39 is 16.6 Å². The molecule has 7 nitrogen and oxygen atoms in total. The Balaban J connectivity index is 1.68. The van der Waals surface area contributed by atoms with Crippen LogP contribution in [0.5, 0.6) is 5.75 Å². The van der Waals surface area contributed by atoms with Crippen LogP contribution in [0.1, 0.15) is 11.4 Å². The molecule has 1 heterocycles. The van der Waals surface area contributed by atoms with Gasteiger partial charge in [0.15, 0.2) is 5.82 Å². The van der Waals surface area contributed by atoms with E-state index in [9.17, 15) is 9.00 Å². The molecule has 0 amide bonds. The van der Waals surface area contributed by atoms with E-state index in [0.717, 1.165) is 16.0 Å². The Morgan fingerprint density at radius 1 is 0.903 bits per heavy atom. The number of nitrogens with zero attached hydrogens (tertiary/aromatic N) is 2. The Kier molecular flexibility index (Phi) is 6.21. The smallest absolute Gasteiger partial charge is 0.297 e. The summed E-state index contributed by atoms with van der Waals surface area (Å²) in [5.74, 6) is 0.919. The maximum Gasteiger partial charge on any atom is 0.297 e. The van der Waals surface area contributed by atoms with E-state index in [0.29, 0.717) is 15.8 Å². The zero-order valence-corrected chi connectivity index (χ0v) is 17.3. The summed E-state index contributed by atoms with van der Waals surface area (Å²) in [6.07, 6.45) is 3.38. The van der Waals surface area contributed by atoms with E-state index in [2.05, 4.69) is 4.98 Å². The van der Waals surface area contributed by atoms with Gasteiger partial charge >= 0.3 is 0 Å². The molecule has 1 aromatic heterocycles. The monoisotopic (exact) mass is 434 g/mol. The van der Waals surface area contributed by atoms with E-state index in [1.54, 1.807) is 73.9 Å². The van der Waals surface area contributed by atoms with Crippen LogP contribution in [0.3, 0.4) is 0 Å². The van der Waals surface area contributed by atoms with Crippen LogP contribution in [0.25, 0.3) is 23.1 Å². The van der Waals surface area contributed by atoms with Gasteiger partial charge < -0.3 is 4.74 Å². The quantitative estimate of drug-likeness (QED) is 0.326. The Bertz CT molecular complexity index is 1300. The van der Waals surface area contributed by atoms with E-state index >= 15 is 0 Å². The largest absolute Gasteiger partial charge is 0.497 e. The first-order valence-corrected chi connectivity index (χ1v) is 10.4. The molecule has 0 aliphatic carbocycles. The SMILES string of the molecule is COc1ccc(/C=C/c2nc3ccccc3c(=O)n2OOS(=O)c2ccccc2)cc1. The number of rotatable bonds is 7. The van der Waals surface area contributed by atoms with Crippen LogP contribution in [0.2, 0.25) is 0 Å². The van der Waals surface area contributed by atoms with Gasteiger partial charge in [-0.1, -0.05) is 57.6 Å². The molecule has 0 radical (unpaired) electrons. The standard InChI is InChI=1S/C23H18N2O5S/c1-28-18-14-11-17(12-15-18)13-16-22-24-21-10-6-5-9-20(21)23(26)25(22)29-30-31(27)19-7-3-2-4-8-19/h2-16H,1H3/b16-13+. The predicted molar refractivity (Wildman–Crippen MR) is 118 cm³/mol. The summed E-state index contributed by atoms with van der Waals surface area (Å²) in [4.78, 5) is 23.0. The molecule has 0 saturated carbocycles. The molecule has 3 aromatic carbocycles. The van der Waals surface area contributed by atoms with Crippen molar-refractivity contribution in [2.24, 2.45) is 0 Å². The van der Waals surface area contributed by atoms with E-state index in [4.69, 9.17) is 14.1 Å². The van der Waals surface area contributed by atoms with Gasteiger partial charge in [-0.15, -0.1) is 0 Å². The minimum absolute atomic E-state index is 0.185. The zero-order chi connectivity index (χ0) is 21.6. The molecule has 0 aliphatic rings. The lowest BCUT2D eigenvalue weighted by molar-refractivity contribution is -0.203. The van der Waals surface area contributed by atoms with Crippen LogP contribution in [0, 0.1) is 0 Å². The van der Waals surface area contributed by atoms with Crippen molar-refractivity contribution >= 4 is 34.1 Å². The molecular weight excluding hydrogens is 416 g/mol. The molecule has 0 N–H and O–H groups in total. The van der Waals surface area contributed by atoms with Crippen molar-refractivity contribution in [3.05, 3.63) is 101 Å². The van der Waals surface area contributed by atoms with Gasteiger partial charge in [-0.2, -0.15) is 0 Å². The van der Waals surface area contributed by atoms with E-state index in [1.807, 2.05) is 24.3 Å². The molecule has 8 heteroatoms. The van der Waals surface area contributed by atoms with Crippen molar-refractivity contribution in [1.82, 2.24) is 9.71 Å². The molecule has 0 fully saturated rings. The van der Waals surface area contributed by atoms with Crippen LogP contribution < -0.4 is 15.3 Å². The van der Waals surface area contributed by atoms with Crippen LogP contribution in [0.4, 0.5) is 0 Å².